The highest BCUT2D eigenvalue weighted by Gasteiger charge is 2.51. The van der Waals surface area contributed by atoms with Gasteiger partial charge >= 0.3 is 6.03 Å². The molecule has 2 heterocycles. The number of amides is 4. The lowest BCUT2D eigenvalue weighted by Crippen LogP contribution is -2.61. The summed E-state index contributed by atoms with van der Waals surface area (Å²) in [5, 5.41) is 2.93. The van der Waals surface area contributed by atoms with E-state index < -0.39 is 17.3 Å². The Labute approximate surface area is 206 Å². The third-order valence-electron chi connectivity index (χ3n) is 5.96. The molecule has 1 fully saturated rings. The molecule has 6 nitrogen and oxygen atoms in total. The first-order valence-corrected chi connectivity index (χ1v) is 12.2. The van der Waals surface area contributed by atoms with Gasteiger partial charge in [0.25, 0.3) is 0 Å². The van der Waals surface area contributed by atoms with Gasteiger partial charge in [-0.15, -0.1) is 11.8 Å². The number of aryl methyl sites for hydroxylation is 1. The Hall–Kier alpha value is -2.48. The van der Waals surface area contributed by atoms with E-state index in [1.807, 2.05) is 38.1 Å². The summed E-state index contributed by atoms with van der Waals surface area (Å²) in [6.07, 6.45) is 0.904. The average molecular weight is 504 g/mol. The summed E-state index contributed by atoms with van der Waals surface area (Å²) in [5.41, 5.74) is 3.03. The lowest BCUT2D eigenvalue weighted by atomic mass is 9.95. The molecule has 33 heavy (non-hydrogen) atoms. The molecule has 2 aromatic rings. The van der Waals surface area contributed by atoms with Crippen LogP contribution < -0.4 is 10.2 Å². The van der Waals surface area contributed by atoms with Crippen LogP contribution in [0.5, 0.6) is 0 Å². The van der Waals surface area contributed by atoms with Crippen LogP contribution in [-0.4, -0.2) is 34.7 Å². The molecule has 0 bridgehead atoms. The lowest BCUT2D eigenvalue weighted by molar-refractivity contribution is -0.124. The minimum absolute atomic E-state index is 0.186. The largest absolute Gasteiger partial charge is 0.332 e. The van der Waals surface area contributed by atoms with Crippen LogP contribution in [0.2, 0.25) is 10.0 Å². The van der Waals surface area contributed by atoms with Gasteiger partial charge in [0, 0.05) is 5.69 Å². The summed E-state index contributed by atoms with van der Waals surface area (Å²) in [4.78, 5) is 43.3. The number of rotatable bonds is 5. The summed E-state index contributed by atoms with van der Waals surface area (Å²) >= 11 is 13.6. The second-order valence-electron chi connectivity index (χ2n) is 8.01. The van der Waals surface area contributed by atoms with Crippen molar-refractivity contribution in [3.63, 3.8) is 0 Å². The maximum atomic E-state index is 13.5. The van der Waals surface area contributed by atoms with Gasteiger partial charge in [-0.1, -0.05) is 42.3 Å². The molecule has 2 aliphatic rings. The molecule has 0 radical (unpaired) electrons. The van der Waals surface area contributed by atoms with Crippen molar-refractivity contribution in [2.24, 2.45) is 5.92 Å². The second kappa shape index (κ2) is 9.41. The number of fused-ring (bicyclic) bond motifs is 1. The monoisotopic (exact) mass is 503 g/mol. The number of carbonyl (C=O) groups excluding carboxylic acids is 3. The van der Waals surface area contributed by atoms with Crippen LogP contribution in [0.25, 0.3) is 0 Å². The summed E-state index contributed by atoms with van der Waals surface area (Å²) in [5.74, 6) is -1.21. The van der Waals surface area contributed by atoms with Crippen molar-refractivity contribution >= 4 is 64.2 Å². The molecule has 0 aromatic heterocycles. The minimum atomic E-state index is -0.564. The van der Waals surface area contributed by atoms with E-state index in [2.05, 4.69) is 12.2 Å². The van der Waals surface area contributed by atoms with Gasteiger partial charge in [0.05, 0.1) is 27.0 Å². The number of anilines is 2. The number of carbonyl (C=O) groups is 3. The van der Waals surface area contributed by atoms with Crippen molar-refractivity contribution in [3.05, 3.63) is 68.6 Å². The van der Waals surface area contributed by atoms with Gasteiger partial charge in [0.1, 0.15) is 6.54 Å². The zero-order valence-corrected chi connectivity index (χ0v) is 20.7. The molecular formula is C24H23Cl2N3O3S. The number of urea groups is 1. The maximum absolute atomic E-state index is 13.5. The van der Waals surface area contributed by atoms with Crippen LogP contribution in [0, 0.1) is 5.92 Å². The lowest BCUT2D eigenvalue weighted by Gasteiger charge is -2.41. The van der Waals surface area contributed by atoms with Crippen LogP contribution in [0.1, 0.15) is 26.3 Å². The fourth-order valence-corrected chi connectivity index (χ4v) is 5.71. The van der Waals surface area contributed by atoms with Crippen LogP contribution in [0.3, 0.4) is 0 Å². The van der Waals surface area contributed by atoms with E-state index in [0.29, 0.717) is 16.4 Å². The van der Waals surface area contributed by atoms with Crippen LogP contribution >= 0.6 is 35.0 Å². The molecule has 4 rings (SSSR count). The molecule has 2 atom stereocenters. The van der Waals surface area contributed by atoms with Gasteiger partial charge in [0.15, 0.2) is 0 Å². The predicted octanol–water partition coefficient (Wildman–Crippen LogP) is 5.95. The number of hydrogen-bond acceptors (Lipinski definition) is 4. The smallest absolute Gasteiger partial charge is 0.325 e. The van der Waals surface area contributed by atoms with E-state index in [-0.39, 0.29) is 23.4 Å². The number of imide groups is 1. The molecule has 172 valence electrons. The third-order valence-corrected chi connectivity index (χ3v) is 8.14. The average Bonchev–Trinajstić information content (AvgIpc) is 3.08. The second-order valence-corrected chi connectivity index (χ2v) is 10.2. The zero-order chi connectivity index (χ0) is 23.9. The summed E-state index contributed by atoms with van der Waals surface area (Å²) in [6, 6.07) is 11.6. The SMILES string of the molecule is CCc1ccc(NC(=O)CN2C(=O)N(c3ccc(Cl)c(Cl)c3)C(=O)C3C(C)=C(C)SC32)cc1. The topological polar surface area (TPSA) is 69.7 Å². The Morgan fingerprint density at radius 3 is 2.39 bits per heavy atom. The van der Waals surface area contributed by atoms with E-state index in [0.717, 1.165) is 27.4 Å². The standard InChI is InChI=1S/C24H23Cl2N3O3S/c1-4-15-5-7-16(8-6-15)27-20(30)12-28-23-21(13(2)14(3)33-23)22(31)29(24(28)32)17-9-10-18(25)19(26)11-17/h5-11,21,23H,4,12H2,1-3H3,(H,27,30). The van der Waals surface area contributed by atoms with Crippen molar-refractivity contribution in [3.8, 4) is 0 Å². The fourth-order valence-electron chi connectivity index (χ4n) is 3.99. The van der Waals surface area contributed by atoms with Crippen molar-refractivity contribution in [2.75, 3.05) is 16.8 Å². The highest BCUT2D eigenvalue weighted by molar-refractivity contribution is 8.03. The molecule has 1 N–H and O–H groups in total. The number of nitrogens with one attached hydrogen (secondary N) is 1. The molecule has 2 aliphatic heterocycles. The molecule has 0 aliphatic carbocycles. The van der Waals surface area contributed by atoms with Gasteiger partial charge < -0.3 is 10.2 Å². The van der Waals surface area contributed by atoms with Gasteiger partial charge in [-0.25, -0.2) is 9.69 Å². The van der Waals surface area contributed by atoms with Crippen molar-refractivity contribution in [1.82, 2.24) is 4.90 Å². The highest BCUT2D eigenvalue weighted by atomic mass is 35.5. The number of hydrogen-bond donors (Lipinski definition) is 1. The van der Waals surface area contributed by atoms with Crippen molar-refractivity contribution in [2.45, 2.75) is 32.6 Å². The normalized spacial score (nSPS) is 20.4. The van der Waals surface area contributed by atoms with E-state index >= 15 is 0 Å². The van der Waals surface area contributed by atoms with E-state index in [9.17, 15) is 14.4 Å². The summed E-state index contributed by atoms with van der Waals surface area (Å²) < 4.78 is 0. The number of halogens is 2. The summed E-state index contributed by atoms with van der Waals surface area (Å²) in [6.45, 7) is 5.69. The molecule has 1 saturated heterocycles. The first-order chi connectivity index (χ1) is 15.7. The van der Waals surface area contributed by atoms with Crippen LogP contribution in [0.15, 0.2) is 52.9 Å². The Morgan fingerprint density at radius 2 is 1.76 bits per heavy atom. The number of allylic oxidation sites excluding steroid dienone is 1. The molecule has 4 amide bonds. The van der Waals surface area contributed by atoms with E-state index in [1.165, 1.54) is 22.7 Å². The van der Waals surface area contributed by atoms with Gasteiger partial charge in [-0.2, -0.15) is 0 Å². The van der Waals surface area contributed by atoms with Gasteiger partial charge in [0.2, 0.25) is 11.8 Å². The third kappa shape index (κ3) is 4.50. The van der Waals surface area contributed by atoms with Gasteiger partial charge in [-0.3, -0.25) is 9.59 Å². The maximum Gasteiger partial charge on any atom is 0.332 e. The molecule has 0 saturated carbocycles. The Morgan fingerprint density at radius 1 is 1.06 bits per heavy atom. The fraction of sp³-hybridized carbons (Fsp3) is 0.292. The van der Waals surface area contributed by atoms with Crippen molar-refractivity contribution < 1.29 is 14.4 Å². The first kappa shape index (κ1) is 23.7. The van der Waals surface area contributed by atoms with E-state index in [4.69, 9.17) is 23.2 Å². The van der Waals surface area contributed by atoms with Crippen LogP contribution in [0.4, 0.5) is 16.2 Å². The highest BCUT2D eigenvalue weighted by Crippen LogP contribution is 2.47. The quantitative estimate of drug-likeness (QED) is 0.547. The molecule has 2 aromatic carbocycles. The number of thioether (sulfide) groups is 1. The molecule has 0 spiro atoms. The Bertz CT molecular complexity index is 1170. The Balaban J connectivity index is 1.62. The van der Waals surface area contributed by atoms with Crippen LogP contribution in [-0.2, 0) is 16.0 Å². The minimum Gasteiger partial charge on any atom is -0.325 e. The number of nitrogens with zero attached hydrogens (tertiary/aromatic N) is 2. The molecule has 2 unspecified atom stereocenters. The first-order valence-electron chi connectivity index (χ1n) is 10.5. The number of benzene rings is 2. The Kier molecular flexibility index (Phi) is 6.75. The zero-order valence-electron chi connectivity index (χ0n) is 18.4. The van der Waals surface area contributed by atoms with Gasteiger partial charge in [-0.05, 0) is 66.6 Å². The summed E-state index contributed by atoms with van der Waals surface area (Å²) in [7, 11) is 0. The molecular weight excluding hydrogens is 481 g/mol. The predicted molar refractivity (Wildman–Crippen MR) is 134 cm³/mol. The molecule has 9 heteroatoms. The van der Waals surface area contributed by atoms with Crippen molar-refractivity contribution in [1.29, 1.82) is 0 Å². The van der Waals surface area contributed by atoms with E-state index in [1.54, 1.807) is 12.1 Å².